The Morgan fingerprint density at radius 2 is 1.95 bits per heavy atom. The molecule has 116 valence electrons. The number of carbonyl (C=O) groups is 1. The first-order valence-corrected chi connectivity index (χ1v) is 7.85. The minimum Gasteiger partial charge on any atom is -0.508 e. The number of hydrogen-bond acceptors (Lipinski definition) is 3. The lowest BCUT2D eigenvalue weighted by Crippen LogP contribution is -2.37. The van der Waals surface area contributed by atoms with Gasteiger partial charge in [-0.25, -0.2) is 0 Å². The molecule has 1 amide bonds. The molecule has 0 aromatic heterocycles. The minimum atomic E-state index is 0.249. The molecule has 0 bridgehead atoms. The molecule has 1 N–H and O–H groups in total. The summed E-state index contributed by atoms with van der Waals surface area (Å²) in [5.74, 6) is 1.05. The number of amides is 1. The summed E-state index contributed by atoms with van der Waals surface area (Å²) in [6.45, 7) is 5.02. The van der Waals surface area contributed by atoms with Crippen LogP contribution >= 0.6 is 0 Å². The number of rotatable bonds is 6. The first-order chi connectivity index (χ1) is 10.2. The average molecular weight is 291 g/mol. The summed E-state index contributed by atoms with van der Waals surface area (Å²) in [5, 5.41) is 9.33. The van der Waals surface area contributed by atoms with Gasteiger partial charge in [0, 0.05) is 32.7 Å². The fourth-order valence-corrected chi connectivity index (χ4v) is 2.84. The molecular weight excluding hydrogens is 266 g/mol. The van der Waals surface area contributed by atoms with Gasteiger partial charge in [-0.3, -0.25) is 4.79 Å². The van der Waals surface area contributed by atoms with Crippen molar-refractivity contribution in [3.8, 4) is 5.75 Å². The van der Waals surface area contributed by atoms with Crippen molar-refractivity contribution in [3.05, 3.63) is 29.8 Å². The largest absolute Gasteiger partial charge is 0.508 e. The zero-order chi connectivity index (χ0) is 15.1. The summed E-state index contributed by atoms with van der Waals surface area (Å²) >= 11 is 0. The van der Waals surface area contributed by atoms with E-state index in [1.54, 1.807) is 12.1 Å². The molecule has 0 spiro atoms. The number of aromatic hydroxyl groups is 1. The Kier molecular flexibility index (Phi) is 6.05. The van der Waals surface area contributed by atoms with Crippen molar-refractivity contribution in [2.24, 2.45) is 0 Å². The molecule has 0 unspecified atom stereocenters. The van der Waals surface area contributed by atoms with Crippen LogP contribution in [0.2, 0.25) is 0 Å². The second kappa shape index (κ2) is 8.03. The van der Waals surface area contributed by atoms with E-state index in [2.05, 4.69) is 0 Å². The third-order valence-electron chi connectivity index (χ3n) is 4.10. The van der Waals surface area contributed by atoms with Gasteiger partial charge in [0.05, 0.1) is 0 Å². The Morgan fingerprint density at radius 3 is 2.57 bits per heavy atom. The highest BCUT2D eigenvalue weighted by Gasteiger charge is 2.23. The van der Waals surface area contributed by atoms with Crippen LogP contribution in [0.1, 0.15) is 44.1 Å². The van der Waals surface area contributed by atoms with E-state index in [-0.39, 0.29) is 5.91 Å². The number of phenolic OH excluding ortho intramolecular Hbond substituents is 1. The number of carbonyl (C=O) groups excluding carboxylic acids is 1. The van der Waals surface area contributed by atoms with Crippen LogP contribution in [0.3, 0.4) is 0 Å². The van der Waals surface area contributed by atoms with Crippen LogP contribution < -0.4 is 0 Å². The Balaban J connectivity index is 1.75. The molecule has 4 nitrogen and oxygen atoms in total. The summed E-state index contributed by atoms with van der Waals surface area (Å²) in [6, 6.07) is 7.44. The SMILES string of the molecule is CCOCCCC(=O)N1CCC(c2ccc(O)cc2)CC1. The van der Waals surface area contributed by atoms with Gasteiger partial charge in [0.15, 0.2) is 0 Å². The molecule has 0 saturated carbocycles. The molecule has 1 aromatic rings. The van der Waals surface area contributed by atoms with E-state index in [4.69, 9.17) is 4.74 Å². The molecule has 4 heteroatoms. The van der Waals surface area contributed by atoms with E-state index < -0.39 is 0 Å². The number of ether oxygens (including phenoxy) is 1. The maximum atomic E-state index is 12.1. The lowest BCUT2D eigenvalue weighted by molar-refractivity contribution is -0.132. The van der Waals surface area contributed by atoms with E-state index in [0.29, 0.717) is 31.3 Å². The highest BCUT2D eigenvalue weighted by Crippen LogP contribution is 2.29. The summed E-state index contributed by atoms with van der Waals surface area (Å²) in [7, 11) is 0. The Morgan fingerprint density at radius 1 is 1.29 bits per heavy atom. The van der Waals surface area contributed by atoms with Gasteiger partial charge in [-0.2, -0.15) is 0 Å². The molecule has 0 atom stereocenters. The van der Waals surface area contributed by atoms with Gasteiger partial charge in [0.1, 0.15) is 5.75 Å². The van der Waals surface area contributed by atoms with Gasteiger partial charge in [0.25, 0.3) is 0 Å². The van der Waals surface area contributed by atoms with Crippen LogP contribution in [0, 0.1) is 0 Å². The van der Waals surface area contributed by atoms with Crippen molar-refractivity contribution in [1.29, 1.82) is 0 Å². The van der Waals surface area contributed by atoms with Gasteiger partial charge >= 0.3 is 0 Å². The number of phenols is 1. The van der Waals surface area contributed by atoms with E-state index in [0.717, 1.165) is 32.4 Å². The van der Waals surface area contributed by atoms with Gasteiger partial charge in [-0.15, -0.1) is 0 Å². The number of piperidine rings is 1. The molecule has 1 heterocycles. The predicted octanol–water partition coefficient (Wildman–Crippen LogP) is 2.91. The highest BCUT2D eigenvalue weighted by atomic mass is 16.5. The minimum absolute atomic E-state index is 0.249. The van der Waals surface area contributed by atoms with Crippen molar-refractivity contribution in [1.82, 2.24) is 4.90 Å². The quantitative estimate of drug-likeness (QED) is 0.820. The van der Waals surface area contributed by atoms with Gasteiger partial charge in [-0.1, -0.05) is 12.1 Å². The molecule has 1 aliphatic heterocycles. The highest BCUT2D eigenvalue weighted by molar-refractivity contribution is 5.76. The smallest absolute Gasteiger partial charge is 0.222 e. The monoisotopic (exact) mass is 291 g/mol. The summed E-state index contributed by atoms with van der Waals surface area (Å²) in [6.07, 6.45) is 3.40. The maximum absolute atomic E-state index is 12.1. The number of likely N-dealkylation sites (tertiary alicyclic amines) is 1. The molecule has 0 aliphatic carbocycles. The van der Waals surface area contributed by atoms with E-state index in [1.165, 1.54) is 5.56 Å². The Labute approximate surface area is 126 Å². The molecule has 1 saturated heterocycles. The molecule has 21 heavy (non-hydrogen) atoms. The van der Waals surface area contributed by atoms with Crippen LogP contribution in [0.4, 0.5) is 0 Å². The summed E-state index contributed by atoms with van der Waals surface area (Å²) in [4.78, 5) is 14.1. The van der Waals surface area contributed by atoms with Crippen LogP contribution in [0.5, 0.6) is 5.75 Å². The predicted molar refractivity (Wildman–Crippen MR) is 82.4 cm³/mol. The van der Waals surface area contributed by atoms with E-state index in [1.807, 2.05) is 24.0 Å². The normalized spacial score (nSPS) is 16.1. The van der Waals surface area contributed by atoms with Crippen molar-refractivity contribution in [2.45, 2.75) is 38.5 Å². The Bertz CT molecular complexity index is 436. The molecule has 2 rings (SSSR count). The number of benzene rings is 1. The summed E-state index contributed by atoms with van der Waals surface area (Å²) in [5.41, 5.74) is 1.26. The van der Waals surface area contributed by atoms with Crippen LogP contribution in [0.15, 0.2) is 24.3 Å². The third kappa shape index (κ3) is 4.74. The second-order valence-electron chi connectivity index (χ2n) is 5.55. The standard InChI is InChI=1S/C17H25NO3/c1-2-21-13-3-4-17(20)18-11-9-15(10-12-18)14-5-7-16(19)8-6-14/h5-8,15,19H,2-4,9-13H2,1H3. The van der Waals surface area contributed by atoms with Gasteiger partial charge < -0.3 is 14.7 Å². The van der Waals surface area contributed by atoms with Crippen LogP contribution in [0.25, 0.3) is 0 Å². The number of hydrogen-bond donors (Lipinski definition) is 1. The van der Waals surface area contributed by atoms with Crippen molar-refractivity contribution in [3.63, 3.8) is 0 Å². The lowest BCUT2D eigenvalue weighted by atomic mass is 9.89. The van der Waals surface area contributed by atoms with Gasteiger partial charge in [-0.05, 0) is 49.8 Å². The number of nitrogens with zero attached hydrogens (tertiary/aromatic N) is 1. The molecule has 1 aliphatic rings. The first-order valence-electron chi connectivity index (χ1n) is 7.85. The summed E-state index contributed by atoms with van der Waals surface area (Å²) < 4.78 is 5.26. The van der Waals surface area contributed by atoms with E-state index in [9.17, 15) is 9.90 Å². The molecule has 0 radical (unpaired) electrons. The molecule has 1 fully saturated rings. The zero-order valence-electron chi connectivity index (χ0n) is 12.8. The fraction of sp³-hybridized carbons (Fsp3) is 0.588. The topological polar surface area (TPSA) is 49.8 Å². The van der Waals surface area contributed by atoms with Gasteiger partial charge in [0.2, 0.25) is 5.91 Å². The second-order valence-corrected chi connectivity index (χ2v) is 5.55. The Hall–Kier alpha value is -1.55. The zero-order valence-corrected chi connectivity index (χ0v) is 12.8. The molecular formula is C17H25NO3. The molecule has 1 aromatic carbocycles. The lowest BCUT2D eigenvalue weighted by Gasteiger charge is -2.32. The van der Waals surface area contributed by atoms with E-state index >= 15 is 0 Å². The first kappa shape index (κ1) is 15.8. The third-order valence-corrected chi connectivity index (χ3v) is 4.10. The average Bonchev–Trinajstić information content (AvgIpc) is 2.52. The van der Waals surface area contributed by atoms with Crippen molar-refractivity contribution >= 4 is 5.91 Å². The van der Waals surface area contributed by atoms with Crippen molar-refractivity contribution in [2.75, 3.05) is 26.3 Å². The van der Waals surface area contributed by atoms with Crippen LogP contribution in [-0.2, 0) is 9.53 Å². The fourth-order valence-electron chi connectivity index (χ4n) is 2.84. The van der Waals surface area contributed by atoms with Crippen LogP contribution in [-0.4, -0.2) is 42.2 Å². The van der Waals surface area contributed by atoms with Crippen molar-refractivity contribution < 1.29 is 14.6 Å². The maximum Gasteiger partial charge on any atom is 0.222 e.